The number of rotatable bonds is 3. The van der Waals surface area contributed by atoms with Gasteiger partial charge in [0.05, 0.1) is 5.69 Å². The van der Waals surface area contributed by atoms with Crippen molar-refractivity contribution in [2.45, 2.75) is 6.04 Å². The Kier molecular flexibility index (Phi) is 3.81. The highest BCUT2D eigenvalue weighted by atomic mass is 32.1. The number of ether oxygens (including phenoxy) is 1. The molecule has 1 aliphatic heterocycles. The lowest BCUT2D eigenvalue weighted by Crippen LogP contribution is -2.44. The molecular formula is C15H14N4OS. The van der Waals surface area contributed by atoms with Crippen LogP contribution in [0.25, 0.3) is 0 Å². The van der Waals surface area contributed by atoms with Crippen LogP contribution in [0.15, 0.2) is 59.6 Å². The molecule has 1 aliphatic rings. The molecule has 0 bridgehead atoms. The van der Waals surface area contributed by atoms with E-state index in [-0.39, 0.29) is 11.2 Å². The molecule has 0 saturated heterocycles. The Balaban J connectivity index is 1.93. The largest absolute Gasteiger partial charge is 0.440 e. The van der Waals surface area contributed by atoms with Gasteiger partial charge in [-0.2, -0.15) is 0 Å². The second-order valence-electron chi connectivity index (χ2n) is 4.49. The molecule has 0 amide bonds. The van der Waals surface area contributed by atoms with Crippen LogP contribution in [0.1, 0.15) is 11.6 Å². The lowest BCUT2D eigenvalue weighted by Gasteiger charge is -2.13. The fourth-order valence-corrected chi connectivity index (χ4v) is 2.18. The van der Waals surface area contributed by atoms with Gasteiger partial charge < -0.3 is 10.5 Å². The molecule has 106 valence electrons. The Labute approximate surface area is 127 Å². The van der Waals surface area contributed by atoms with Crippen LogP contribution in [0.4, 0.5) is 5.69 Å². The van der Waals surface area contributed by atoms with Crippen molar-refractivity contribution in [1.29, 1.82) is 0 Å². The van der Waals surface area contributed by atoms with Gasteiger partial charge >= 0.3 is 0 Å². The summed E-state index contributed by atoms with van der Waals surface area (Å²) in [4.78, 5) is 4.54. The Morgan fingerprint density at radius 3 is 2.57 bits per heavy atom. The van der Waals surface area contributed by atoms with E-state index in [0.29, 0.717) is 5.90 Å². The molecule has 0 saturated carbocycles. The second kappa shape index (κ2) is 5.90. The molecule has 6 heteroatoms. The maximum Gasteiger partial charge on any atom is 0.218 e. The van der Waals surface area contributed by atoms with Crippen molar-refractivity contribution in [1.82, 2.24) is 10.9 Å². The molecule has 2 aromatic carbocycles. The fraction of sp³-hybridized carbons (Fsp3) is 0.0667. The van der Waals surface area contributed by atoms with Crippen molar-refractivity contribution in [3.05, 3.63) is 60.2 Å². The molecule has 3 rings (SSSR count). The molecule has 0 aliphatic carbocycles. The highest BCUT2D eigenvalue weighted by Crippen LogP contribution is 2.34. The number of para-hydroxylation sites is 2. The summed E-state index contributed by atoms with van der Waals surface area (Å²) in [5, 5.41) is 0.165. The topological polar surface area (TPSA) is 71.7 Å². The molecule has 0 aromatic heterocycles. The quantitative estimate of drug-likeness (QED) is 0.598. The minimum atomic E-state index is -0.247. The van der Waals surface area contributed by atoms with Gasteiger partial charge in [-0.15, -0.1) is 0 Å². The SMILES string of the molecule is NC(=S)NNC1C(=Nc2ccccc2)Oc2ccccc21. The van der Waals surface area contributed by atoms with Crippen molar-refractivity contribution in [2.24, 2.45) is 10.7 Å². The van der Waals surface area contributed by atoms with Crippen molar-refractivity contribution in [3.63, 3.8) is 0 Å². The summed E-state index contributed by atoms with van der Waals surface area (Å²) < 4.78 is 5.82. The van der Waals surface area contributed by atoms with E-state index in [1.165, 1.54) is 0 Å². The first-order chi connectivity index (χ1) is 10.2. The summed E-state index contributed by atoms with van der Waals surface area (Å²) in [6.45, 7) is 0. The minimum Gasteiger partial charge on any atom is -0.440 e. The van der Waals surface area contributed by atoms with E-state index >= 15 is 0 Å². The van der Waals surface area contributed by atoms with Crippen LogP contribution in [0.3, 0.4) is 0 Å². The zero-order valence-corrected chi connectivity index (χ0v) is 11.9. The average molecular weight is 298 g/mol. The van der Waals surface area contributed by atoms with Crippen LogP contribution in [-0.4, -0.2) is 11.0 Å². The Bertz CT molecular complexity index is 687. The van der Waals surface area contributed by atoms with Crippen LogP contribution in [0.5, 0.6) is 5.75 Å². The predicted octanol–water partition coefficient (Wildman–Crippen LogP) is 2.19. The number of fused-ring (bicyclic) bond motifs is 1. The van der Waals surface area contributed by atoms with Crippen molar-refractivity contribution in [3.8, 4) is 5.75 Å². The van der Waals surface area contributed by atoms with Gasteiger partial charge in [-0.25, -0.2) is 10.4 Å². The number of nitrogens with two attached hydrogens (primary N) is 1. The van der Waals surface area contributed by atoms with Crippen molar-refractivity contribution < 1.29 is 4.74 Å². The number of nitrogens with zero attached hydrogens (tertiary/aromatic N) is 1. The number of thiocarbonyl (C=S) groups is 1. The van der Waals surface area contributed by atoms with E-state index in [1.807, 2.05) is 54.6 Å². The lowest BCUT2D eigenvalue weighted by molar-refractivity contribution is 0.532. The molecule has 4 N–H and O–H groups in total. The highest BCUT2D eigenvalue weighted by Gasteiger charge is 2.31. The van der Waals surface area contributed by atoms with Crippen molar-refractivity contribution >= 4 is 28.9 Å². The van der Waals surface area contributed by atoms with Gasteiger partial charge in [0.2, 0.25) is 5.90 Å². The first-order valence-corrected chi connectivity index (χ1v) is 6.86. The van der Waals surface area contributed by atoms with E-state index < -0.39 is 0 Å². The first-order valence-electron chi connectivity index (χ1n) is 6.45. The average Bonchev–Trinajstić information content (AvgIpc) is 2.83. The van der Waals surface area contributed by atoms with Gasteiger partial charge in [-0.3, -0.25) is 5.43 Å². The third-order valence-corrected chi connectivity index (χ3v) is 3.13. The molecular weight excluding hydrogens is 284 g/mol. The number of hydrazine groups is 1. The molecule has 1 atom stereocenters. The van der Waals surface area contributed by atoms with Crippen LogP contribution < -0.4 is 21.3 Å². The van der Waals surface area contributed by atoms with Gasteiger partial charge in [0.25, 0.3) is 0 Å². The smallest absolute Gasteiger partial charge is 0.218 e. The maximum absolute atomic E-state index is 5.82. The number of benzene rings is 2. The van der Waals surface area contributed by atoms with Gasteiger partial charge in [-0.1, -0.05) is 36.4 Å². The zero-order chi connectivity index (χ0) is 14.7. The number of nitrogens with one attached hydrogen (secondary N) is 2. The van der Waals surface area contributed by atoms with E-state index in [9.17, 15) is 0 Å². The fourth-order valence-electron chi connectivity index (χ4n) is 2.12. The summed E-state index contributed by atoms with van der Waals surface area (Å²) in [6, 6.07) is 17.1. The van der Waals surface area contributed by atoms with Crippen molar-refractivity contribution in [2.75, 3.05) is 0 Å². The van der Waals surface area contributed by atoms with Gasteiger partial charge in [0, 0.05) is 5.56 Å². The Morgan fingerprint density at radius 2 is 1.81 bits per heavy atom. The normalized spacial score (nSPS) is 18.1. The Hall–Kier alpha value is -2.44. The molecule has 0 radical (unpaired) electrons. The summed E-state index contributed by atoms with van der Waals surface area (Å²) >= 11 is 4.82. The van der Waals surface area contributed by atoms with E-state index in [2.05, 4.69) is 15.8 Å². The summed E-state index contributed by atoms with van der Waals surface area (Å²) in [7, 11) is 0. The standard InChI is InChI=1S/C15H14N4OS/c16-15(21)19-18-13-11-8-4-5-9-12(11)20-14(13)17-10-6-2-1-3-7-10/h1-9,13,18H,(H3,16,19,21). The van der Waals surface area contributed by atoms with Crippen LogP contribution in [0.2, 0.25) is 0 Å². The zero-order valence-electron chi connectivity index (χ0n) is 11.1. The molecule has 1 heterocycles. The molecule has 21 heavy (non-hydrogen) atoms. The summed E-state index contributed by atoms with van der Waals surface area (Å²) in [5.41, 5.74) is 13.0. The molecule has 2 aromatic rings. The Morgan fingerprint density at radius 1 is 1.10 bits per heavy atom. The highest BCUT2D eigenvalue weighted by molar-refractivity contribution is 7.80. The number of hydrogen-bond acceptors (Lipinski definition) is 4. The first kappa shape index (κ1) is 13.5. The molecule has 1 unspecified atom stereocenters. The lowest BCUT2D eigenvalue weighted by atomic mass is 10.1. The predicted molar refractivity (Wildman–Crippen MR) is 86.4 cm³/mol. The second-order valence-corrected chi connectivity index (χ2v) is 4.93. The maximum atomic E-state index is 5.82. The number of aliphatic imine (C=N–C) groups is 1. The monoisotopic (exact) mass is 298 g/mol. The van der Waals surface area contributed by atoms with Crippen LogP contribution in [-0.2, 0) is 0 Å². The van der Waals surface area contributed by atoms with Crippen LogP contribution >= 0.6 is 12.2 Å². The summed E-state index contributed by atoms with van der Waals surface area (Å²) in [6.07, 6.45) is 0. The van der Waals surface area contributed by atoms with E-state index in [4.69, 9.17) is 22.7 Å². The third kappa shape index (κ3) is 3.01. The molecule has 5 nitrogen and oxygen atoms in total. The minimum absolute atomic E-state index is 0.165. The van der Waals surface area contributed by atoms with E-state index in [0.717, 1.165) is 17.0 Å². The van der Waals surface area contributed by atoms with Gasteiger partial charge in [-0.05, 0) is 30.4 Å². The van der Waals surface area contributed by atoms with Crippen LogP contribution in [0, 0.1) is 0 Å². The third-order valence-electron chi connectivity index (χ3n) is 3.03. The summed E-state index contributed by atoms with van der Waals surface area (Å²) in [5.74, 6) is 1.32. The molecule has 0 spiro atoms. The molecule has 0 fully saturated rings. The van der Waals surface area contributed by atoms with E-state index in [1.54, 1.807) is 0 Å². The number of hydrogen-bond donors (Lipinski definition) is 3. The van der Waals surface area contributed by atoms with Gasteiger partial charge in [0.15, 0.2) is 5.11 Å². The van der Waals surface area contributed by atoms with Gasteiger partial charge in [0.1, 0.15) is 11.8 Å².